The average molecular weight is 958 g/mol. The van der Waals surface area contributed by atoms with E-state index >= 15 is 0 Å². The van der Waals surface area contributed by atoms with E-state index in [1.54, 1.807) is 12.1 Å². The molecule has 3 heterocycles. The van der Waals surface area contributed by atoms with Gasteiger partial charge in [0.2, 0.25) is 11.3 Å². The van der Waals surface area contributed by atoms with E-state index < -0.39 is 48.6 Å². The van der Waals surface area contributed by atoms with E-state index in [4.69, 9.17) is 9.47 Å². The number of likely N-dealkylation sites (N-methyl/N-ethyl adjacent to an activating group) is 2. The highest BCUT2D eigenvalue weighted by atomic mass is 32.2. The van der Waals surface area contributed by atoms with Gasteiger partial charge in [0.1, 0.15) is 13.1 Å². The first-order chi connectivity index (χ1) is 31.5. The van der Waals surface area contributed by atoms with E-state index in [0.717, 1.165) is 77.0 Å². The number of anilines is 1. The molecular weight excluding hydrogens is 891 g/mol. The molecule has 2 N–H and O–H groups in total. The largest absolute Gasteiger partial charge is 0.453 e. The molecule has 67 heavy (non-hydrogen) atoms. The number of hydrogen-bond donors (Lipinski definition) is 2. The Labute approximate surface area is 397 Å². The van der Waals surface area contributed by atoms with E-state index in [1.165, 1.54) is 24.3 Å². The SMILES string of the molecule is CCN1/C(=C/C=C/C=C/C2=[N+](CCCCCC(=O)OC(C(=O)OC3CC[N+](C)(C)C3)(c3ccccc3)C3CCCC3)c3ccc(S(=O)(=O)O)cc3C2(C)C)C(C)(C)c2cc(S(=O)(=O)O)ccc21. The van der Waals surface area contributed by atoms with Crippen LogP contribution in [0.1, 0.15) is 109 Å². The molecule has 1 saturated carbocycles. The molecule has 0 spiro atoms. The minimum atomic E-state index is -4.46. The third-order valence-electron chi connectivity index (χ3n) is 14.4. The van der Waals surface area contributed by atoms with Gasteiger partial charge in [-0.3, -0.25) is 13.9 Å². The summed E-state index contributed by atoms with van der Waals surface area (Å²) in [5.74, 6) is -1.11. The number of carbonyl (C=O) groups is 2. The predicted octanol–water partition coefficient (Wildman–Crippen LogP) is 8.95. The Morgan fingerprint density at radius 3 is 2.12 bits per heavy atom. The van der Waals surface area contributed by atoms with E-state index in [9.17, 15) is 35.5 Å². The molecule has 0 amide bonds. The maximum Gasteiger partial charge on any atom is 0.356 e. The molecule has 3 aromatic carbocycles. The van der Waals surface area contributed by atoms with Crippen LogP contribution >= 0.6 is 0 Å². The molecule has 0 aromatic heterocycles. The minimum absolute atomic E-state index is 0.123. The third-order valence-corrected chi connectivity index (χ3v) is 16.1. The second-order valence-electron chi connectivity index (χ2n) is 20.2. The van der Waals surface area contributed by atoms with Crippen molar-refractivity contribution in [2.45, 2.75) is 125 Å². The average Bonchev–Trinajstić information content (AvgIpc) is 4.02. The number of likely N-dealkylation sites (tertiary alicyclic amines) is 1. The summed E-state index contributed by atoms with van der Waals surface area (Å²) < 4.78 is 83.8. The molecule has 3 aliphatic heterocycles. The zero-order valence-corrected chi connectivity index (χ0v) is 41.5. The lowest BCUT2D eigenvalue weighted by atomic mass is 9.79. The van der Waals surface area contributed by atoms with Gasteiger partial charge in [-0.15, -0.1) is 0 Å². The maximum absolute atomic E-state index is 14.4. The number of carbonyl (C=O) groups excluding carboxylic acids is 2. The number of allylic oxidation sites excluding steroid dienone is 6. The van der Waals surface area contributed by atoms with Crippen LogP contribution in [-0.2, 0) is 55.7 Å². The van der Waals surface area contributed by atoms with Crippen LogP contribution in [0.4, 0.5) is 11.4 Å². The molecule has 0 radical (unpaired) electrons. The molecular formula is C52H67N3O10S2+2. The van der Waals surface area contributed by atoms with E-state index in [1.807, 2.05) is 95.3 Å². The molecule has 360 valence electrons. The molecule has 4 aliphatic rings. The van der Waals surface area contributed by atoms with Gasteiger partial charge in [0.05, 0.1) is 35.8 Å². The van der Waals surface area contributed by atoms with Crippen LogP contribution in [0.5, 0.6) is 0 Å². The fourth-order valence-corrected chi connectivity index (χ4v) is 11.8. The quantitative estimate of drug-likeness (QED) is 0.0331. The van der Waals surface area contributed by atoms with Crippen molar-refractivity contribution in [3.63, 3.8) is 0 Å². The van der Waals surface area contributed by atoms with Crippen molar-refractivity contribution in [3.05, 3.63) is 119 Å². The second-order valence-corrected chi connectivity index (χ2v) is 23.0. The van der Waals surface area contributed by atoms with Gasteiger partial charge in [0, 0.05) is 71.8 Å². The number of unbranched alkanes of at least 4 members (excludes halogenated alkanes) is 2. The van der Waals surface area contributed by atoms with Gasteiger partial charge in [-0.25, -0.2) is 4.79 Å². The normalized spacial score (nSPS) is 21.6. The van der Waals surface area contributed by atoms with Crippen LogP contribution in [0, 0.1) is 5.92 Å². The standard InChI is InChI=1S/C52H65N3O10S2/c1-8-53-44-29-27-40(66(58,59)60)34-42(44)50(2,3)46(53)24-14-10-15-25-47-51(4,5)43-35-41(67(61,62)63)28-30-45(43)54(47)32-19-11-16-26-48(56)65-52(38-22-17-18-23-38,37-20-12-9-13-21-37)49(57)64-39-31-33-55(6,7)36-39/h9-10,12-15,20-21,24-25,27-30,34-35,38-39H,8,11,16-19,22-23,26,31-33,36H2,1-7H3/p+2. The molecule has 15 heteroatoms. The number of esters is 2. The fourth-order valence-electron chi connectivity index (χ4n) is 10.8. The second kappa shape index (κ2) is 19.2. The first-order valence-corrected chi connectivity index (χ1v) is 26.4. The number of ether oxygens (including phenoxy) is 2. The van der Waals surface area contributed by atoms with Crippen LogP contribution in [0.25, 0.3) is 0 Å². The lowest BCUT2D eigenvalue weighted by molar-refractivity contribution is -0.879. The fraction of sp³-hybridized carbons (Fsp3) is 0.481. The van der Waals surface area contributed by atoms with Crippen LogP contribution in [0.3, 0.4) is 0 Å². The lowest BCUT2D eigenvalue weighted by Crippen LogP contribution is -2.49. The van der Waals surface area contributed by atoms with Gasteiger partial charge in [0.15, 0.2) is 11.8 Å². The third kappa shape index (κ3) is 10.3. The minimum Gasteiger partial charge on any atom is -0.453 e. The molecule has 2 unspecified atom stereocenters. The molecule has 1 saturated heterocycles. The van der Waals surface area contributed by atoms with Crippen LogP contribution in [0.15, 0.2) is 113 Å². The molecule has 3 aromatic rings. The Bertz CT molecular complexity index is 2730. The Hall–Kier alpha value is -4.93. The van der Waals surface area contributed by atoms with Crippen molar-refractivity contribution in [1.29, 1.82) is 0 Å². The van der Waals surface area contributed by atoms with E-state index in [-0.39, 0.29) is 28.2 Å². The highest BCUT2D eigenvalue weighted by Crippen LogP contribution is 2.49. The first-order valence-electron chi connectivity index (χ1n) is 23.5. The van der Waals surface area contributed by atoms with Gasteiger partial charge in [-0.05, 0) is 88.4 Å². The number of hydrogen-bond acceptors (Lipinski definition) is 9. The highest BCUT2D eigenvalue weighted by Gasteiger charge is 2.54. The predicted molar refractivity (Wildman–Crippen MR) is 259 cm³/mol. The Kier molecular flexibility index (Phi) is 14.3. The smallest absolute Gasteiger partial charge is 0.356 e. The Morgan fingerprint density at radius 1 is 0.836 bits per heavy atom. The summed E-state index contributed by atoms with van der Waals surface area (Å²) in [6.07, 6.45) is 15.7. The summed E-state index contributed by atoms with van der Waals surface area (Å²) >= 11 is 0. The topological polar surface area (TPSA) is 168 Å². The Morgan fingerprint density at radius 2 is 1.49 bits per heavy atom. The van der Waals surface area contributed by atoms with Gasteiger partial charge in [-0.2, -0.15) is 21.4 Å². The van der Waals surface area contributed by atoms with Crippen LogP contribution in [0.2, 0.25) is 0 Å². The van der Waals surface area contributed by atoms with Gasteiger partial charge in [0.25, 0.3) is 20.2 Å². The summed E-state index contributed by atoms with van der Waals surface area (Å²) in [7, 11) is -4.58. The Balaban J connectivity index is 1.08. The summed E-state index contributed by atoms with van der Waals surface area (Å²) in [4.78, 5) is 30.2. The number of rotatable bonds is 17. The summed E-state index contributed by atoms with van der Waals surface area (Å²) in [5.41, 5.74) is 3.05. The van der Waals surface area contributed by atoms with Crippen molar-refractivity contribution in [2.75, 3.05) is 45.2 Å². The molecule has 2 fully saturated rings. The number of benzene rings is 3. The zero-order valence-electron chi connectivity index (χ0n) is 39.9. The van der Waals surface area contributed by atoms with Gasteiger partial charge < -0.3 is 18.9 Å². The van der Waals surface area contributed by atoms with Crippen molar-refractivity contribution in [2.24, 2.45) is 5.92 Å². The summed E-state index contributed by atoms with van der Waals surface area (Å²) in [6.45, 7) is 12.9. The number of quaternary nitrogens is 1. The van der Waals surface area contributed by atoms with Crippen molar-refractivity contribution in [3.8, 4) is 0 Å². The zero-order chi connectivity index (χ0) is 48.6. The first kappa shape index (κ1) is 50.0. The van der Waals surface area contributed by atoms with Crippen molar-refractivity contribution in [1.82, 2.24) is 0 Å². The molecule has 0 bridgehead atoms. The number of fused-ring (bicyclic) bond motifs is 2. The van der Waals surface area contributed by atoms with E-state index in [0.29, 0.717) is 44.5 Å². The lowest BCUT2D eigenvalue weighted by Gasteiger charge is -2.37. The summed E-state index contributed by atoms with van der Waals surface area (Å²) in [6, 6.07) is 18.7. The molecule has 13 nitrogen and oxygen atoms in total. The van der Waals surface area contributed by atoms with Gasteiger partial charge >= 0.3 is 11.9 Å². The van der Waals surface area contributed by atoms with Crippen molar-refractivity contribution >= 4 is 49.3 Å². The summed E-state index contributed by atoms with van der Waals surface area (Å²) in [5, 5.41) is 0. The molecule has 2 atom stereocenters. The van der Waals surface area contributed by atoms with Crippen molar-refractivity contribution < 1.29 is 54.1 Å². The monoisotopic (exact) mass is 957 g/mol. The molecule has 7 rings (SSSR count). The number of nitrogens with zero attached hydrogens (tertiary/aromatic N) is 3. The molecule has 1 aliphatic carbocycles. The highest BCUT2D eigenvalue weighted by molar-refractivity contribution is 7.86. The van der Waals surface area contributed by atoms with E-state index in [2.05, 4.69) is 23.6 Å². The van der Waals surface area contributed by atoms with Crippen LogP contribution < -0.4 is 4.90 Å². The van der Waals surface area contributed by atoms with Crippen LogP contribution in [-0.4, -0.2) is 99.0 Å². The van der Waals surface area contributed by atoms with Gasteiger partial charge in [-0.1, -0.05) is 75.2 Å². The maximum atomic E-state index is 14.4.